The topological polar surface area (TPSA) is 84.3 Å². The summed E-state index contributed by atoms with van der Waals surface area (Å²) in [6, 6.07) is 9.68. The Hall–Kier alpha value is -3.37. The van der Waals surface area contributed by atoms with Crippen LogP contribution >= 0.6 is 22.7 Å². The summed E-state index contributed by atoms with van der Waals surface area (Å²) in [6.07, 6.45) is 1.37. The third-order valence-corrected chi connectivity index (χ3v) is 6.91. The highest BCUT2D eigenvalue weighted by molar-refractivity contribution is 7.18. The summed E-state index contributed by atoms with van der Waals surface area (Å²) in [5, 5.41) is 7.07. The first-order valence-electron chi connectivity index (χ1n) is 10.3. The van der Waals surface area contributed by atoms with Gasteiger partial charge in [-0.05, 0) is 36.1 Å². The Bertz CT molecular complexity index is 1330. The summed E-state index contributed by atoms with van der Waals surface area (Å²) in [6.45, 7) is 1.96. The first kappa shape index (κ1) is 22.8. The van der Waals surface area contributed by atoms with Crippen LogP contribution < -0.4 is 10.9 Å². The molecule has 0 radical (unpaired) electrons. The molecule has 0 aliphatic heterocycles. The Kier molecular flexibility index (Phi) is 6.95. The number of nitrogens with zero attached hydrogens (tertiary/aromatic N) is 3. The lowest BCUT2D eigenvalue weighted by molar-refractivity contribution is -0.136. The van der Waals surface area contributed by atoms with E-state index in [-0.39, 0.29) is 42.8 Å². The lowest BCUT2D eigenvalue weighted by atomic mass is 10.2. The van der Waals surface area contributed by atoms with Crippen LogP contribution in [-0.4, -0.2) is 39.4 Å². The number of halogens is 1. The second kappa shape index (κ2) is 10.1. The van der Waals surface area contributed by atoms with Gasteiger partial charge in [0.05, 0.1) is 18.3 Å². The van der Waals surface area contributed by atoms with Crippen LogP contribution in [0.15, 0.2) is 58.3 Å². The van der Waals surface area contributed by atoms with Crippen LogP contribution in [0.3, 0.4) is 0 Å². The molecular formula is C23H21FN4O3S2. The number of hydrogen-bond donors (Lipinski definition) is 1. The molecule has 3 aromatic heterocycles. The number of carbonyl (C=O) groups is 2. The Morgan fingerprint density at radius 3 is 2.67 bits per heavy atom. The van der Waals surface area contributed by atoms with Gasteiger partial charge >= 0.3 is 0 Å². The molecule has 0 bridgehead atoms. The average molecular weight is 485 g/mol. The number of aromatic nitrogens is 2. The maximum Gasteiger partial charge on any atom is 0.263 e. The maximum absolute atomic E-state index is 13.1. The molecule has 0 aliphatic carbocycles. The Labute approximate surface area is 197 Å². The van der Waals surface area contributed by atoms with E-state index in [2.05, 4.69) is 10.3 Å². The smallest absolute Gasteiger partial charge is 0.263 e. The lowest BCUT2D eigenvalue weighted by Gasteiger charge is -2.21. The van der Waals surface area contributed by atoms with Gasteiger partial charge in [-0.1, -0.05) is 18.2 Å². The second-order valence-electron chi connectivity index (χ2n) is 7.30. The largest absolute Gasteiger partial charge is 0.350 e. The predicted octanol–water partition coefficient (Wildman–Crippen LogP) is 3.49. The first-order valence-corrected chi connectivity index (χ1v) is 12.0. The van der Waals surface area contributed by atoms with Crippen molar-refractivity contribution in [2.24, 2.45) is 0 Å². The van der Waals surface area contributed by atoms with Gasteiger partial charge in [-0.15, -0.1) is 22.7 Å². The SMILES string of the molecule is CCN(CC(=O)NCc1ccc(F)cc1)C(=O)Cn1cnc2scc(-c3cccs3)c2c1=O. The summed E-state index contributed by atoms with van der Waals surface area (Å²) in [4.78, 5) is 45.6. The van der Waals surface area contributed by atoms with Crippen molar-refractivity contribution in [2.45, 2.75) is 20.0 Å². The molecule has 33 heavy (non-hydrogen) atoms. The number of hydrogen-bond acceptors (Lipinski definition) is 6. The number of amides is 2. The molecule has 0 aliphatic rings. The quantitative estimate of drug-likeness (QED) is 0.415. The molecule has 0 unspecified atom stereocenters. The van der Waals surface area contributed by atoms with Crippen molar-refractivity contribution in [3.8, 4) is 10.4 Å². The van der Waals surface area contributed by atoms with Crippen LogP contribution in [0.2, 0.25) is 0 Å². The second-order valence-corrected chi connectivity index (χ2v) is 9.10. The van der Waals surface area contributed by atoms with Gasteiger partial charge in [-0.3, -0.25) is 19.0 Å². The fourth-order valence-electron chi connectivity index (χ4n) is 3.35. The van der Waals surface area contributed by atoms with Crippen molar-refractivity contribution < 1.29 is 14.0 Å². The minimum Gasteiger partial charge on any atom is -0.350 e. The molecule has 0 spiro atoms. The zero-order valence-corrected chi connectivity index (χ0v) is 19.4. The monoisotopic (exact) mass is 484 g/mol. The highest BCUT2D eigenvalue weighted by Crippen LogP contribution is 2.33. The van der Waals surface area contributed by atoms with Crippen molar-refractivity contribution in [1.82, 2.24) is 19.8 Å². The number of fused-ring (bicyclic) bond motifs is 1. The number of nitrogens with one attached hydrogen (secondary N) is 1. The van der Waals surface area contributed by atoms with Gasteiger partial charge in [-0.25, -0.2) is 9.37 Å². The molecule has 4 rings (SSSR count). The molecule has 0 atom stereocenters. The van der Waals surface area contributed by atoms with Gasteiger partial charge in [0, 0.05) is 28.9 Å². The number of benzene rings is 1. The van der Waals surface area contributed by atoms with Crippen molar-refractivity contribution in [1.29, 1.82) is 0 Å². The number of rotatable bonds is 8. The Morgan fingerprint density at radius 2 is 1.97 bits per heavy atom. The normalized spacial score (nSPS) is 11.0. The van der Waals surface area contributed by atoms with E-state index in [0.717, 1.165) is 16.0 Å². The van der Waals surface area contributed by atoms with E-state index in [1.165, 1.54) is 50.6 Å². The highest BCUT2D eigenvalue weighted by atomic mass is 32.1. The van der Waals surface area contributed by atoms with Gasteiger partial charge in [0.25, 0.3) is 5.56 Å². The number of likely N-dealkylation sites (N-methyl/N-ethyl adjacent to an activating group) is 1. The standard InChI is InChI=1S/C23H21FN4O3S2/c1-2-27(11-19(29)25-10-15-5-7-16(24)8-6-15)20(30)12-28-14-26-22-21(23(28)31)17(13-33-22)18-4-3-9-32-18/h3-9,13-14H,2,10-12H2,1H3,(H,25,29). The molecule has 0 saturated heterocycles. The molecule has 2 amide bonds. The zero-order valence-electron chi connectivity index (χ0n) is 17.8. The summed E-state index contributed by atoms with van der Waals surface area (Å²) >= 11 is 2.93. The van der Waals surface area contributed by atoms with E-state index in [4.69, 9.17) is 0 Å². The van der Waals surface area contributed by atoms with Crippen molar-refractivity contribution in [2.75, 3.05) is 13.1 Å². The molecule has 1 N–H and O–H groups in total. The maximum atomic E-state index is 13.1. The third kappa shape index (κ3) is 5.18. The highest BCUT2D eigenvalue weighted by Gasteiger charge is 2.19. The molecule has 0 saturated carbocycles. The van der Waals surface area contributed by atoms with E-state index in [1.54, 1.807) is 19.1 Å². The summed E-state index contributed by atoms with van der Waals surface area (Å²) in [5.74, 6) is -1.04. The van der Waals surface area contributed by atoms with E-state index in [9.17, 15) is 18.8 Å². The lowest BCUT2D eigenvalue weighted by Crippen LogP contribution is -2.42. The third-order valence-electron chi connectivity index (χ3n) is 5.12. The van der Waals surface area contributed by atoms with Crippen LogP contribution in [0.4, 0.5) is 4.39 Å². The van der Waals surface area contributed by atoms with E-state index in [1.807, 2.05) is 22.9 Å². The fourth-order valence-corrected chi connectivity index (χ4v) is 5.07. The zero-order chi connectivity index (χ0) is 23.4. The van der Waals surface area contributed by atoms with Gasteiger partial charge < -0.3 is 10.2 Å². The number of carbonyl (C=O) groups excluding carboxylic acids is 2. The molecule has 1 aromatic carbocycles. The van der Waals surface area contributed by atoms with E-state index in [0.29, 0.717) is 16.8 Å². The molecule has 0 fully saturated rings. The summed E-state index contributed by atoms with van der Waals surface area (Å²) < 4.78 is 14.3. The van der Waals surface area contributed by atoms with Crippen molar-refractivity contribution >= 4 is 44.7 Å². The fraction of sp³-hybridized carbons (Fsp3) is 0.217. The van der Waals surface area contributed by atoms with E-state index >= 15 is 0 Å². The summed E-state index contributed by atoms with van der Waals surface area (Å²) in [7, 11) is 0. The van der Waals surface area contributed by atoms with Gasteiger partial charge in [0.2, 0.25) is 11.8 Å². The van der Waals surface area contributed by atoms with Crippen LogP contribution in [0, 0.1) is 5.82 Å². The van der Waals surface area contributed by atoms with Gasteiger partial charge in [0.1, 0.15) is 17.2 Å². The summed E-state index contributed by atoms with van der Waals surface area (Å²) in [5.41, 5.74) is 1.29. The Morgan fingerprint density at radius 1 is 1.18 bits per heavy atom. The van der Waals surface area contributed by atoms with Crippen LogP contribution in [0.1, 0.15) is 12.5 Å². The predicted molar refractivity (Wildman–Crippen MR) is 128 cm³/mol. The number of thiophene rings is 2. The molecular weight excluding hydrogens is 463 g/mol. The minimum absolute atomic E-state index is 0.139. The average Bonchev–Trinajstić information content (AvgIpc) is 3.49. The molecule has 4 aromatic rings. The Balaban J connectivity index is 1.44. The van der Waals surface area contributed by atoms with Crippen LogP contribution in [0.25, 0.3) is 20.7 Å². The van der Waals surface area contributed by atoms with Crippen molar-refractivity contribution in [3.05, 3.63) is 75.2 Å². The van der Waals surface area contributed by atoms with Gasteiger partial charge in [-0.2, -0.15) is 0 Å². The molecule has 7 nitrogen and oxygen atoms in total. The van der Waals surface area contributed by atoms with Crippen LogP contribution in [-0.2, 0) is 22.7 Å². The van der Waals surface area contributed by atoms with Crippen molar-refractivity contribution in [3.63, 3.8) is 0 Å². The first-order chi connectivity index (χ1) is 16.0. The van der Waals surface area contributed by atoms with Gasteiger partial charge in [0.15, 0.2) is 0 Å². The van der Waals surface area contributed by atoms with E-state index < -0.39 is 0 Å². The van der Waals surface area contributed by atoms with Crippen LogP contribution in [0.5, 0.6) is 0 Å². The molecule has 10 heteroatoms. The molecule has 3 heterocycles. The molecule has 170 valence electrons. The minimum atomic E-state index is -0.356.